The van der Waals surface area contributed by atoms with E-state index in [1.165, 1.54) is 0 Å². The average molecular weight is 350 g/mol. The molecule has 2 atom stereocenters. The van der Waals surface area contributed by atoms with Gasteiger partial charge in [0.25, 0.3) is 0 Å². The van der Waals surface area contributed by atoms with Crippen molar-refractivity contribution in [3.63, 3.8) is 0 Å². The predicted molar refractivity (Wildman–Crippen MR) is 93.1 cm³/mol. The lowest BCUT2D eigenvalue weighted by Gasteiger charge is -2.31. The summed E-state index contributed by atoms with van der Waals surface area (Å²) in [5.41, 5.74) is 2.09. The van der Waals surface area contributed by atoms with E-state index >= 15 is 0 Å². The standard InChI is InChI=1S/C18H26N2O5/c1-5-11(2)16(17(21)22)19-18(23)20-7-6-12-8-14(24-3)15(25-4)9-13(12)10-20/h8-9,11,16H,5-7,10H2,1-4H3,(H,19,23)(H,21,22)/t11-,16-/m0/s1. The molecule has 0 aliphatic carbocycles. The molecule has 138 valence electrons. The number of benzene rings is 1. The highest BCUT2D eigenvalue weighted by atomic mass is 16.5. The van der Waals surface area contributed by atoms with Crippen LogP contribution < -0.4 is 14.8 Å². The number of ether oxygens (including phenoxy) is 2. The Hall–Kier alpha value is -2.44. The second kappa shape index (κ2) is 8.09. The summed E-state index contributed by atoms with van der Waals surface area (Å²) in [4.78, 5) is 25.6. The molecule has 1 aromatic rings. The van der Waals surface area contributed by atoms with Gasteiger partial charge in [-0.2, -0.15) is 0 Å². The lowest BCUT2D eigenvalue weighted by molar-refractivity contribution is -0.140. The molecule has 2 N–H and O–H groups in total. The van der Waals surface area contributed by atoms with Crippen molar-refractivity contribution in [3.05, 3.63) is 23.3 Å². The number of carbonyl (C=O) groups excluding carboxylic acids is 1. The van der Waals surface area contributed by atoms with E-state index in [2.05, 4.69) is 5.32 Å². The minimum absolute atomic E-state index is 0.136. The first kappa shape index (κ1) is 18.9. The van der Waals surface area contributed by atoms with Gasteiger partial charge in [0.05, 0.1) is 14.2 Å². The van der Waals surface area contributed by atoms with Gasteiger partial charge in [-0.05, 0) is 35.6 Å². The molecule has 2 rings (SSSR count). The van der Waals surface area contributed by atoms with Crippen molar-refractivity contribution in [2.75, 3.05) is 20.8 Å². The number of hydrogen-bond donors (Lipinski definition) is 2. The molecule has 7 heteroatoms. The number of nitrogens with one attached hydrogen (secondary N) is 1. The molecule has 1 heterocycles. The Bertz CT molecular complexity index is 647. The van der Waals surface area contributed by atoms with Crippen molar-refractivity contribution >= 4 is 12.0 Å². The van der Waals surface area contributed by atoms with Crippen molar-refractivity contribution in [2.24, 2.45) is 5.92 Å². The summed E-state index contributed by atoms with van der Waals surface area (Å²) < 4.78 is 10.6. The van der Waals surface area contributed by atoms with Crippen LogP contribution in [0, 0.1) is 5.92 Å². The van der Waals surface area contributed by atoms with Crippen LogP contribution >= 0.6 is 0 Å². The topological polar surface area (TPSA) is 88.1 Å². The summed E-state index contributed by atoms with van der Waals surface area (Å²) in [5.74, 6) is 0.141. The second-order valence-corrected chi connectivity index (χ2v) is 6.30. The molecule has 0 aromatic heterocycles. The van der Waals surface area contributed by atoms with Gasteiger partial charge in [0.15, 0.2) is 11.5 Å². The molecular weight excluding hydrogens is 324 g/mol. The van der Waals surface area contributed by atoms with E-state index in [0.29, 0.717) is 37.4 Å². The number of aliphatic carboxylic acids is 1. The number of amides is 2. The number of methoxy groups -OCH3 is 2. The minimum Gasteiger partial charge on any atom is -0.493 e. The molecule has 0 unspecified atom stereocenters. The summed E-state index contributed by atoms with van der Waals surface area (Å²) in [6.45, 7) is 4.67. The highest BCUT2D eigenvalue weighted by Gasteiger charge is 2.29. The number of fused-ring (bicyclic) bond motifs is 1. The van der Waals surface area contributed by atoms with E-state index in [1.54, 1.807) is 19.1 Å². The number of rotatable bonds is 6. The molecule has 0 saturated heterocycles. The van der Waals surface area contributed by atoms with Gasteiger partial charge in [-0.25, -0.2) is 9.59 Å². The van der Waals surface area contributed by atoms with Crippen LogP contribution in [0.15, 0.2) is 12.1 Å². The molecule has 1 aromatic carbocycles. The number of urea groups is 1. The average Bonchev–Trinajstić information content (AvgIpc) is 2.63. The van der Waals surface area contributed by atoms with Gasteiger partial charge in [-0.15, -0.1) is 0 Å². The number of hydrogen-bond acceptors (Lipinski definition) is 4. The van der Waals surface area contributed by atoms with E-state index in [9.17, 15) is 14.7 Å². The highest BCUT2D eigenvalue weighted by molar-refractivity contribution is 5.83. The minimum atomic E-state index is -1.01. The molecule has 0 saturated carbocycles. The molecule has 0 fully saturated rings. The molecule has 25 heavy (non-hydrogen) atoms. The van der Waals surface area contributed by atoms with Gasteiger partial charge in [0.1, 0.15) is 6.04 Å². The molecule has 0 bridgehead atoms. The number of carbonyl (C=O) groups is 2. The Morgan fingerprint density at radius 2 is 1.84 bits per heavy atom. The fraction of sp³-hybridized carbons (Fsp3) is 0.556. The van der Waals surface area contributed by atoms with Crippen LogP contribution in [0.5, 0.6) is 11.5 Å². The Labute approximate surface area is 147 Å². The van der Waals surface area contributed by atoms with Gasteiger partial charge in [0, 0.05) is 13.1 Å². The summed E-state index contributed by atoms with van der Waals surface area (Å²) in [7, 11) is 3.16. The quantitative estimate of drug-likeness (QED) is 0.822. The van der Waals surface area contributed by atoms with Crippen LogP contribution in [-0.4, -0.2) is 48.8 Å². The van der Waals surface area contributed by atoms with E-state index in [4.69, 9.17) is 9.47 Å². The Balaban J connectivity index is 2.13. The van der Waals surface area contributed by atoms with Gasteiger partial charge in [-0.3, -0.25) is 0 Å². The first-order valence-electron chi connectivity index (χ1n) is 8.43. The fourth-order valence-corrected chi connectivity index (χ4v) is 2.96. The van der Waals surface area contributed by atoms with E-state index in [1.807, 2.05) is 26.0 Å². The van der Waals surface area contributed by atoms with Crippen LogP contribution in [0.4, 0.5) is 4.79 Å². The predicted octanol–water partition coefficient (Wildman–Crippen LogP) is 2.27. The van der Waals surface area contributed by atoms with E-state index in [-0.39, 0.29) is 11.9 Å². The molecule has 7 nitrogen and oxygen atoms in total. The van der Waals surface area contributed by atoms with Gasteiger partial charge in [0.2, 0.25) is 0 Å². The maximum atomic E-state index is 12.5. The third-order valence-electron chi connectivity index (χ3n) is 4.76. The third kappa shape index (κ3) is 4.15. The highest BCUT2D eigenvalue weighted by Crippen LogP contribution is 2.33. The first-order valence-corrected chi connectivity index (χ1v) is 8.43. The zero-order valence-electron chi connectivity index (χ0n) is 15.2. The Kier molecular flexibility index (Phi) is 6.12. The van der Waals surface area contributed by atoms with E-state index in [0.717, 1.165) is 11.1 Å². The van der Waals surface area contributed by atoms with Gasteiger partial charge >= 0.3 is 12.0 Å². The van der Waals surface area contributed by atoms with Crippen molar-refractivity contribution < 1.29 is 24.2 Å². The molecule has 2 amide bonds. The van der Waals surface area contributed by atoms with Gasteiger partial charge < -0.3 is 24.8 Å². The van der Waals surface area contributed by atoms with Crippen LogP contribution in [0.1, 0.15) is 31.4 Å². The van der Waals surface area contributed by atoms with Crippen molar-refractivity contribution in [1.29, 1.82) is 0 Å². The van der Waals surface area contributed by atoms with Gasteiger partial charge in [-0.1, -0.05) is 20.3 Å². The number of carboxylic acid groups (broad SMARTS) is 1. The fourth-order valence-electron chi connectivity index (χ4n) is 2.96. The Morgan fingerprint density at radius 3 is 2.36 bits per heavy atom. The van der Waals surface area contributed by atoms with Crippen molar-refractivity contribution in [3.8, 4) is 11.5 Å². The molecule has 1 aliphatic heterocycles. The summed E-state index contributed by atoms with van der Waals surface area (Å²) in [6.07, 6.45) is 1.36. The smallest absolute Gasteiger partial charge is 0.326 e. The van der Waals surface area contributed by atoms with Crippen LogP contribution in [-0.2, 0) is 17.8 Å². The normalized spacial score (nSPS) is 15.8. The summed E-state index contributed by atoms with van der Waals surface area (Å²) >= 11 is 0. The Morgan fingerprint density at radius 1 is 1.24 bits per heavy atom. The zero-order chi connectivity index (χ0) is 18.6. The summed E-state index contributed by atoms with van der Waals surface area (Å²) in [5, 5.41) is 12.0. The lowest BCUT2D eigenvalue weighted by atomic mass is 9.98. The maximum absolute atomic E-state index is 12.5. The zero-order valence-corrected chi connectivity index (χ0v) is 15.2. The second-order valence-electron chi connectivity index (χ2n) is 6.30. The monoisotopic (exact) mass is 350 g/mol. The van der Waals surface area contributed by atoms with Crippen LogP contribution in [0.2, 0.25) is 0 Å². The van der Waals surface area contributed by atoms with Crippen LogP contribution in [0.25, 0.3) is 0 Å². The maximum Gasteiger partial charge on any atom is 0.326 e. The number of nitrogens with zero attached hydrogens (tertiary/aromatic N) is 1. The molecule has 0 spiro atoms. The van der Waals surface area contributed by atoms with Crippen molar-refractivity contribution in [2.45, 2.75) is 39.3 Å². The van der Waals surface area contributed by atoms with E-state index < -0.39 is 12.0 Å². The molecule has 0 radical (unpaired) electrons. The van der Waals surface area contributed by atoms with Crippen LogP contribution in [0.3, 0.4) is 0 Å². The molecular formula is C18H26N2O5. The first-order chi connectivity index (χ1) is 11.9. The SMILES string of the molecule is CC[C@H](C)[C@H](NC(=O)N1CCc2cc(OC)c(OC)cc2C1)C(=O)O. The largest absolute Gasteiger partial charge is 0.493 e. The summed E-state index contributed by atoms with van der Waals surface area (Å²) in [6, 6.07) is 2.57. The molecule has 1 aliphatic rings. The third-order valence-corrected chi connectivity index (χ3v) is 4.76. The number of carboxylic acids is 1. The lowest BCUT2D eigenvalue weighted by Crippen LogP contribution is -2.51. The van der Waals surface area contributed by atoms with Crippen molar-refractivity contribution in [1.82, 2.24) is 10.2 Å².